The van der Waals surface area contributed by atoms with E-state index in [0.717, 1.165) is 51.4 Å². The van der Waals surface area contributed by atoms with Gasteiger partial charge in [0.05, 0.1) is 13.2 Å². The van der Waals surface area contributed by atoms with Crippen LogP contribution >= 0.6 is 0 Å². The van der Waals surface area contributed by atoms with Crippen LogP contribution in [-0.2, 0) is 19.2 Å². The van der Waals surface area contributed by atoms with E-state index in [1.807, 2.05) is 0 Å². The molecule has 0 aromatic heterocycles. The van der Waals surface area contributed by atoms with E-state index in [1.165, 1.54) is 0 Å². The number of carbonyl (C=O) groups excluding carboxylic acids is 4. The third-order valence-electron chi connectivity index (χ3n) is 5.31. The van der Waals surface area contributed by atoms with Crippen molar-refractivity contribution in [3.05, 3.63) is 0 Å². The number of aliphatic hydroxyl groups excluding tert-OH is 10. The van der Waals surface area contributed by atoms with E-state index in [4.69, 9.17) is 51.1 Å². The summed E-state index contributed by atoms with van der Waals surface area (Å²) in [5, 5.41) is 107. The number of carboxylic acid groups (broad SMARTS) is 2. The number of carboxylic acids is 2. The monoisotopic (exact) mass is 642 g/mol. The molecule has 0 rings (SSSR count). The van der Waals surface area contributed by atoms with E-state index < -0.39 is 74.0 Å². The van der Waals surface area contributed by atoms with Crippen molar-refractivity contribution in [3.63, 3.8) is 0 Å². The van der Waals surface area contributed by atoms with Crippen molar-refractivity contribution in [1.29, 1.82) is 0 Å². The number of aldehydes is 2. The van der Waals surface area contributed by atoms with Crippen molar-refractivity contribution in [3.8, 4) is 0 Å². The largest absolute Gasteiger partial charge is 2.00 e. The van der Waals surface area contributed by atoms with Gasteiger partial charge in [-0.1, -0.05) is 52.4 Å². The first kappa shape index (κ1) is 51.2. The Bertz CT molecular complexity index is 603. The van der Waals surface area contributed by atoms with Gasteiger partial charge in [-0.25, -0.2) is 0 Å². The van der Waals surface area contributed by atoms with Crippen LogP contribution < -0.4 is 10.2 Å². The number of unbranched alkanes of at least 4 members (excludes halogenated alkanes) is 6. The number of rotatable bonds is 20. The topological polar surface area (TPSA) is 317 Å². The molecule has 16 nitrogen and oxygen atoms in total. The molecular formula is C26H50MgO16. The summed E-state index contributed by atoms with van der Waals surface area (Å²) in [6.45, 7) is 2.67. The van der Waals surface area contributed by atoms with E-state index in [1.54, 1.807) is 0 Å². The Labute approximate surface area is 267 Å². The standard InChI is InChI=1S/2C7H14O2.2C6H12O6.Mg/c2*1-2-3-4-5-6-7(8)9;2*7-1-3(9)5(11)6(12)4(10)2-8;/h2*2-6H2,1H3,(H,8,9);2*1,3-6,8-12H,2H2;/q;;;;+2/p-2. The fraction of sp³-hybridized carbons (Fsp3) is 0.846. The maximum atomic E-state index is 9.90. The van der Waals surface area contributed by atoms with Crippen LogP contribution in [0, 0.1) is 0 Å². The summed E-state index contributed by atoms with van der Waals surface area (Å²) >= 11 is 0. The fourth-order valence-corrected chi connectivity index (χ4v) is 2.63. The molecule has 0 bridgehead atoms. The Balaban J connectivity index is -0.000000150. The van der Waals surface area contributed by atoms with Gasteiger partial charge >= 0.3 is 23.1 Å². The molecule has 252 valence electrons. The first-order chi connectivity index (χ1) is 19.6. The van der Waals surface area contributed by atoms with E-state index >= 15 is 0 Å². The number of hydrogen-bond donors (Lipinski definition) is 10. The van der Waals surface area contributed by atoms with Gasteiger partial charge < -0.3 is 80.5 Å². The number of hydrogen-bond acceptors (Lipinski definition) is 16. The summed E-state index contributed by atoms with van der Waals surface area (Å²) in [4.78, 5) is 39.5. The molecule has 0 aliphatic heterocycles. The zero-order valence-corrected chi connectivity index (χ0v) is 26.3. The van der Waals surface area contributed by atoms with Gasteiger partial charge in [-0.2, -0.15) is 0 Å². The van der Waals surface area contributed by atoms with E-state index in [-0.39, 0.29) is 48.5 Å². The summed E-state index contributed by atoms with van der Waals surface area (Å²) in [5.41, 5.74) is 0. The molecule has 0 aliphatic carbocycles. The average molecular weight is 643 g/mol. The number of aliphatic carboxylic acids is 2. The van der Waals surface area contributed by atoms with Gasteiger partial charge in [0.2, 0.25) is 0 Å². The molecule has 43 heavy (non-hydrogen) atoms. The predicted molar refractivity (Wildman–Crippen MR) is 148 cm³/mol. The Hall–Kier alpha value is -1.35. The van der Waals surface area contributed by atoms with Crippen LogP contribution in [0.3, 0.4) is 0 Å². The molecule has 0 fully saturated rings. The average Bonchev–Trinajstić information content (AvgIpc) is 2.98. The second kappa shape index (κ2) is 35.1. The van der Waals surface area contributed by atoms with Gasteiger partial charge in [-0.05, 0) is 25.7 Å². The molecule has 0 aromatic carbocycles. The van der Waals surface area contributed by atoms with Crippen molar-refractivity contribution >= 4 is 47.6 Å². The van der Waals surface area contributed by atoms with E-state index in [9.17, 15) is 29.4 Å². The van der Waals surface area contributed by atoms with Crippen LogP contribution in [-0.4, -0.2) is 161 Å². The second-order valence-corrected chi connectivity index (χ2v) is 9.08. The van der Waals surface area contributed by atoms with Crippen molar-refractivity contribution in [1.82, 2.24) is 0 Å². The molecule has 0 saturated carbocycles. The maximum Gasteiger partial charge on any atom is 2.00 e. The predicted octanol–water partition coefficient (Wildman–Crippen LogP) is -5.72. The SMILES string of the molecule is CCCCCCC(=O)[O-].CCCCCCC(=O)[O-].O=CC(O)C(O)C(O)C(O)CO.O=CC(O)C(O)C(O)C(O)CO.[Mg+2]. The Kier molecular flexibility index (Phi) is 41.9. The Morgan fingerprint density at radius 1 is 0.558 bits per heavy atom. The second-order valence-electron chi connectivity index (χ2n) is 9.08. The minimum Gasteiger partial charge on any atom is -0.550 e. The quantitative estimate of drug-likeness (QED) is 0.0336. The number of aliphatic hydroxyl groups is 10. The molecular weight excluding hydrogens is 593 g/mol. The molecule has 8 unspecified atom stereocenters. The summed E-state index contributed by atoms with van der Waals surface area (Å²) in [6.07, 6.45) is -5.09. The summed E-state index contributed by atoms with van der Waals surface area (Å²) in [6, 6.07) is 0. The molecule has 17 heteroatoms. The summed E-state index contributed by atoms with van der Waals surface area (Å²) in [7, 11) is 0. The normalized spacial score (nSPS) is 15.7. The third-order valence-corrected chi connectivity index (χ3v) is 5.31. The molecule has 10 N–H and O–H groups in total. The Morgan fingerprint density at radius 2 is 0.837 bits per heavy atom. The molecule has 0 aliphatic rings. The van der Waals surface area contributed by atoms with E-state index in [2.05, 4.69) is 13.8 Å². The van der Waals surface area contributed by atoms with Crippen LogP contribution in [0.15, 0.2) is 0 Å². The van der Waals surface area contributed by atoms with Crippen LogP contribution in [0.5, 0.6) is 0 Å². The van der Waals surface area contributed by atoms with Crippen LogP contribution in [0.25, 0.3) is 0 Å². The van der Waals surface area contributed by atoms with Gasteiger partial charge in [0.15, 0.2) is 12.6 Å². The molecule has 0 amide bonds. The molecule has 0 heterocycles. The van der Waals surface area contributed by atoms with Crippen molar-refractivity contribution < 1.29 is 80.5 Å². The van der Waals surface area contributed by atoms with Crippen LogP contribution in [0.2, 0.25) is 0 Å². The van der Waals surface area contributed by atoms with Gasteiger partial charge in [-0.3, -0.25) is 0 Å². The molecule has 0 spiro atoms. The first-order valence-corrected chi connectivity index (χ1v) is 13.6. The maximum absolute atomic E-state index is 9.90. The zero-order chi connectivity index (χ0) is 33.7. The Morgan fingerprint density at radius 3 is 1.02 bits per heavy atom. The van der Waals surface area contributed by atoms with E-state index in [0.29, 0.717) is 0 Å². The summed E-state index contributed by atoms with van der Waals surface area (Å²) < 4.78 is 0. The first-order valence-electron chi connectivity index (χ1n) is 13.6. The minimum absolute atomic E-state index is 0. The summed E-state index contributed by atoms with van der Waals surface area (Å²) in [5.74, 6) is -1.85. The van der Waals surface area contributed by atoms with Crippen LogP contribution in [0.1, 0.15) is 78.1 Å². The smallest absolute Gasteiger partial charge is 0.550 e. The van der Waals surface area contributed by atoms with Crippen LogP contribution in [0.4, 0.5) is 0 Å². The van der Waals surface area contributed by atoms with Gasteiger partial charge in [0.25, 0.3) is 0 Å². The van der Waals surface area contributed by atoms with Gasteiger partial charge in [0, 0.05) is 11.9 Å². The molecule has 8 atom stereocenters. The van der Waals surface area contributed by atoms with Crippen molar-refractivity contribution in [2.45, 2.75) is 127 Å². The molecule has 0 radical (unpaired) electrons. The minimum atomic E-state index is -1.79. The molecule has 0 aromatic rings. The fourth-order valence-electron chi connectivity index (χ4n) is 2.63. The third kappa shape index (κ3) is 33.4. The number of carbonyl (C=O) groups is 4. The van der Waals surface area contributed by atoms with Crippen molar-refractivity contribution in [2.24, 2.45) is 0 Å². The van der Waals surface area contributed by atoms with Gasteiger partial charge in [-0.15, -0.1) is 0 Å². The molecule has 0 saturated heterocycles. The zero-order valence-electron chi connectivity index (χ0n) is 24.9. The van der Waals surface area contributed by atoms with Crippen molar-refractivity contribution in [2.75, 3.05) is 13.2 Å². The van der Waals surface area contributed by atoms with Gasteiger partial charge in [0.1, 0.15) is 48.8 Å².